The highest BCUT2D eigenvalue weighted by atomic mass is 19.4. The van der Waals surface area contributed by atoms with Crippen molar-refractivity contribution in [2.45, 2.75) is 19.0 Å². The van der Waals surface area contributed by atoms with E-state index in [0.717, 1.165) is 67.0 Å². The van der Waals surface area contributed by atoms with Crippen molar-refractivity contribution in [2.24, 2.45) is 0 Å². The maximum atomic E-state index is 12.7. The smallest absolute Gasteiger partial charge is 0.299 e. The first-order valence-corrected chi connectivity index (χ1v) is 9.93. The zero-order valence-corrected chi connectivity index (χ0v) is 16.4. The first kappa shape index (κ1) is 20.3. The van der Waals surface area contributed by atoms with Gasteiger partial charge in [0.15, 0.2) is 0 Å². The van der Waals surface area contributed by atoms with Crippen LogP contribution >= 0.6 is 0 Å². The zero-order chi connectivity index (χ0) is 21.0. The molecule has 6 heteroatoms. The maximum absolute atomic E-state index is 12.7. The molecule has 0 N–H and O–H groups in total. The van der Waals surface area contributed by atoms with Crippen LogP contribution < -0.4 is 0 Å². The van der Waals surface area contributed by atoms with E-state index in [4.69, 9.17) is 0 Å². The molecule has 0 spiro atoms. The lowest BCUT2D eigenvalue weighted by atomic mass is 9.98. The summed E-state index contributed by atoms with van der Waals surface area (Å²) >= 11 is 0. The molecule has 0 amide bonds. The zero-order valence-electron chi connectivity index (χ0n) is 16.4. The van der Waals surface area contributed by atoms with Crippen molar-refractivity contribution in [3.8, 4) is 11.3 Å². The number of benzene rings is 2. The molecule has 1 aliphatic heterocycles. The molecule has 0 saturated carbocycles. The molecule has 2 heterocycles. The molecule has 4 rings (SSSR count). The Hall–Kier alpha value is -2.99. The van der Waals surface area contributed by atoms with E-state index in [0.29, 0.717) is 0 Å². The fourth-order valence-electron chi connectivity index (χ4n) is 3.67. The van der Waals surface area contributed by atoms with Crippen LogP contribution in [0, 0.1) is 0 Å². The van der Waals surface area contributed by atoms with Gasteiger partial charge in [-0.15, -0.1) is 0 Å². The molecule has 0 unspecified atom stereocenters. The molecular weight excluding hydrogens is 387 g/mol. The minimum absolute atomic E-state index is 0.604. The second kappa shape index (κ2) is 8.79. The van der Waals surface area contributed by atoms with Crippen LogP contribution in [-0.2, 0) is 12.6 Å². The van der Waals surface area contributed by atoms with Gasteiger partial charge in [-0.25, -0.2) is 0 Å². The molecule has 154 valence electrons. The summed E-state index contributed by atoms with van der Waals surface area (Å²) in [7, 11) is 0. The van der Waals surface area contributed by atoms with E-state index in [9.17, 15) is 13.2 Å². The number of aromatic nitrogens is 2. The fourth-order valence-corrected chi connectivity index (χ4v) is 3.67. The van der Waals surface area contributed by atoms with Gasteiger partial charge in [0.1, 0.15) is 0 Å². The summed E-state index contributed by atoms with van der Waals surface area (Å²) in [6.45, 7) is 2.64. The van der Waals surface area contributed by atoms with Crippen LogP contribution in [0.25, 0.3) is 16.8 Å². The van der Waals surface area contributed by atoms with Crippen molar-refractivity contribution in [3.05, 3.63) is 89.9 Å². The molecule has 0 aliphatic carbocycles. The Morgan fingerprint density at radius 2 is 1.80 bits per heavy atom. The van der Waals surface area contributed by atoms with Gasteiger partial charge in [0.25, 0.3) is 0 Å². The fraction of sp³-hybridized carbons (Fsp3) is 0.250. The number of halogens is 3. The van der Waals surface area contributed by atoms with E-state index >= 15 is 0 Å². The van der Waals surface area contributed by atoms with Gasteiger partial charge in [0, 0.05) is 37.6 Å². The monoisotopic (exact) mass is 409 g/mol. The summed E-state index contributed by atoms with van der Waals surface area (Å²) in [6, 6.07) is 13.8. The molecular formula is C24H22F3N3. The summed E-state index contributed by atoms with van der Waals surface area (Å²) in [5, 5.41) is 0. The highest BCUT2D eigenvalue weighted by Gasteiger charge is 2.30. The van der Waals surface area contributed by atoms with Crippen molar-refractivity contribution < 1.29 is 13.2 Å². The Kier molecular flexibility index (Phi) is 5.95. The van der Waals surface area contributed by atoms with E-state index in [-0.39, 0.29) is 0 Å². The number of hydrogen-bond donors (Lipinski definition) is 0. The molecule has 3 nitrogen and oxygen atoms in total. The largest absolute Gasteiger partial charge is 0.416 e. The lowest BCUT2D eigenvalue weighted by molar-refractivity contribution is -0.137. The standard InChI is InChI=1S/C24H22F3N3/c25-24(26,27)22-6-4-19(5-7-22)20-9-14-30(15-10-20)13-8-18-2-1-3-21(16-18)23-17-28-11-12-29-23/h1-7,9,11-12,16-17H,8,10,13-15H2. The lowest BCUT2D eigenvalue weighted by Gasteiger charge is -2.26. The van der Waals surface area contributed by atoms with E-state index < -0.39 is 11.7 Å². The molecule has 3 aromatic rings. The summed E-state index contributed by atoms with van der Waals surface area (Å²) in [4.78, 5) is 10.8. The number of rotatable bonds is 5. The molecule has 1 aliphatic rings. The van der Waals surface area contributed by atoms with Crippen LogP contribution in [0.4, 0.5) is 13.2 Å². The number of alkyl halides is 3. The van der Waals surface area contributed by atoms with E-state index in [1.165, 1.54) is 5.56 Å². The summed E-state index contributed by atoms with van der Waals surface area (Å²) in [6.07, 6.45) is 4.72. The molecule has 0 saturated heterocycles. The third-order valence-electron chi connectivity index (χ3n) is 5.38. The van der Waals surface area contributed by atoms with Gasteiger partial charge in [-0.05, 0) is 47.7 Å². The third-order valence-corrected chi connectivity index (χ3v) is 5.38. The minimum atomic E-state index is -4.29. The minimum Gasteiger partial charge on any atom is -0.299 e. The van der Waals surface area contributed by atoms with Gasteiger partial charge in [0.05, 0.1) is 17.5 Å². The molecule has 0 atom stereocenters. The highest BCUT2D eigenvalue weighted by Crippen LogP contribution is 2.31. The number of nitrogens with zero attached hydrogens (tertiary/aromatic N) is 3. The van der Waals surface area contributed by atoms with Crippen molar-refractivity contribution in [2.75, 3.05) is 19.6 Å². The Labute approximate surface area is 173 Å². The van der Waals surface area contributed by atoms with Crippen LogP contribution in [0.15, 0.2) is 73.2 Å². The Morgan fingerprint density at radius 1 is 0.967 bits per heavy atom. The van der Waals surface area contributed by atoms with Gasteiger partial charge in [-0.1, -0.05) is 36.4 Å². The predicted molar refractivity (Wildman–Crippen MR) is 112 cm³/mol. The second-order valence-electron chi connectivity index (χ2n) is 7.40. The van der Waals surface area contributed by atoms with Crippen LogP contribution in [0.2, 0.25) is 0 Å². The number of hydrogen-bond acceptors (Lipinski definition) is 3. The van der Waals surface area contributed by atoms with E-state index in [2.05, 4.69) is 33.1 Å². The van der Waals surface area contributed by atoms with Crippen molar-refractivity contribution in [1.82, 2.24) is 14.9 Å². The molecule has 30 heavy (non-hydrogen) atoms. The van der Waals surface area contributed by atoms with Gasteiger partial charge in [-0.3, -0.25) is 14.9 Å². The van der Waals surface area contributed by atoms with Crippen LogP contribution in [-0.4, -0.2) is 34.5 Å². The average Bonchev–Trinajstić information content (AvgIpc) is 2.78. The Balaban J connectivity index is 1.34. The maximum Gasteiger partial charge on any atom is 0.416 e. The highest BCUT2D eigenvalue weighted by molar-refractivity contribution is 5.66. The van der Waals surface area contributed by atoms with Crippen molar-refractivity contribution in [3.63, 3.8) is 0 Å². The molecule has 0 bridgehead atoms. The topological polar surface area (TPSA) is 29.0 Å². The summed E-state index contributed by atoms with van der Waals surface area (Å²) in [5.74, 6) is 0. The average molecular weight is 409 g/mol. The molecule has 0 fully saturated rings. The quantitative estimate of drug-likeness (QED) is 0.558. The normalized spacial score (nSPS) is 15.1. The van der Waals surface area contributed by atoms with E-state index in [1.807, 2.05) is 12.1 Å². The first-order valence-electron chi connectivity index (χ1n) is 9.93. The van der Waals surface area contributed by atoms with Crippen LogP contribution in [0.3, 0.4) is 0 Å². The second-order valence-corrected chi connectivity index (χ2v) is 7.40. The van der Waals surface area contributed by atoms with Crippen molar-refractivity contribution >= 4 is 5.57 Å². The van der Waals surface area contributed by atoms with Crippen molar-refractivity contribution in [1.29, 1.82) is 0 Å². The molecule has 1 aromatic heterocycles. The lowest BCUT2D eigenvalue weighted by Crippen LogP contribution is -2.30. The van der Waals surface area contributed by atoms with Gasteiger partial charge in [0.2, 0.25) is 0 Å². The first-order chi connectivity index (χ1) is 14.5. The Morgan fingerprint density at radius 3 is 2.47 bits per heavy atom. The molecule has 0 radical (unpaired) electrons. The van der Waals surface area contributed by atoms with Gasteiger partial charge < -0.3 is 0 Å². The van der Waals surface area contributed by atoms with Gasteiger partial charge in [-0.2, -0.15) is 13.2 Å². The SMILES string of the molecule is FC(F)(F)c1ccc(C2=CCN(CCc3cccc(-c4cnccn4)c3)CC2)cc1. The third kappa shape index (κ3) is 4.94. The van der Waals surface area contributed by atoms with Gasteiger partial charge >= 0.3 is 6.18 Å². The predicted octanol–water partition coefficient (Wildman–Crippen LogP) is 5.49. The van der Waals surface area contributed by atoms with Crippen LogP contribution in [0.1, 0.15) is 23.1 Å². The Bertz CT molecular complexity index is 1010. The summed E-state index contributed by atoms with van der Waals surface area (Å²) in [5.41, 5.74) is 4.55. The summed E-state index contributed by atoms with van der Waals surface area (Å²) < 4.78 is 38.2. The van der Waals surface area contributed by atoms with E-state index in [1.54, 1.807) is 30.7 Å². The molecule has 2 aromatic carbocycles. The van der Waals surface area contributed by atoms with Crippen LogP contribution in [0.5, 0.6) is 0 Å².